The van der Waals surface area contributed by atoms with Crippen molar-refractivity contribution >= 4 is 18.0 Å². The van der Waals surface area contributed by atoms with Gasteiger partial charge >= 0.3 is 12.1 Å². The van der Waals surface area contributed by atoms with Crippen LogP contribution in [0.25, 0.3) is 11.1 Å². The molecular formula is C25H26N2O6. The topological polar surface area (TPSA) is 105 Å². The molecule has 2 saturated heterocycles. The predicted octanol–water partition coefficient (Wildman–Crippen LogP) is 2.47. The van der Waals surface area contributed by atoms with E-state index in [2.05, 4.69) is 17.4 Å². The van der Waals surface area contributed by atoms with Crippen molar-refractivity contribution in [2.24, 2.45) is 11.8 Å². The number of carboxylic acid groups (broad SMARTS) is 1. The standard InChI is InChI=1S/C25H26N2O6/c1-32-13-20(23(28)27-11-14-10-21(27)22(14)24(29)30)26-25(31)33-12-19-17-8-4-2-6-15(17)16-7-3-5-9-18(16)19/h2-9,14,19-22H,10-13H2,1H3,(H,26,31)(H,29,30)/t14?,20-,21?,22?/m0/s1. The average molecular weight is 450 g/mol. The molecule has 3 unspecified atom stereocenters. The van der Waals surface area contributed by atoms with Gasteiger partial charge in [0.05, 0.1) is 12.5 Å². The number of benzene rings is 2. The van der Waals surface area contributed by atoms with Crippen LogP contribution in [0.5, 0.6) is 0 Å². The fraction of sp³-hybridized carbons (Fsp3) is 0.400. The number of carbonyl (C=O) groups is 3. The lowest BCUT2D eigenvalue weighted by Crippen LogP contribution is -2.53. The molecule has 4 aliphatic rings. The molecule has 0 radical (unpaired) electrons. The molecule has 8 nitrogen and oxygen atoms in total. The fourth-order valence-electron chi connectivity index (χ4n) is 5.56. The molecule has 2 aliphatic carbocycles. The first-order valence-electron chi connectivity index (χ1n) is 11.1. The molecule has 8 heteroatoms. The highest BCUT2D eigenvalue weighted by molar-refractivity contribution is 5.88. The molecule has 172 valence electrons. The Morgan fingerprint density at radius 2 is 1.73 bits per heavy atom. The van der Waals surface area contributed by atoms with Crippen LogP contribution >= 0.6 is 0 Å². The zero-order chi connectivity index (χ0) is 23.1. The maximum atomic E-state index is 13.0. The number of nitrogens with zero attached hydrogens (tertiary/aromatic N) is 1. The van der Waals surface area contributed by atoms with Crippen molar-refractivity contribution in [2.45, 2.75) is 24.4 Å². The van der Waals surface area contributed by atoms with Crippen LogP contribution in [0.4, 0.5) is 4.79 Å². The van der Waals surface area contributed by atoms with E-state index in [1.807, 2.05) is 36.4 Å². The number of ether oxygens (including phenoxy) is 2. The number of carbonyl (C=O) groups excluding carboxylic acids is 2. The van der Waals surface area contributed by atoms with Crippen LogP contribution in [-0.4, -0.2) is 66.9 Å². The van der Waals surface area contributed by atoms with Gasteiger partial charge in [-0.05, 0) is 34.6 Å². The fourth-order valence-corrected chi connectivity index (χ4v) is 5.56. The molecule has 0 aromatic heterocycles. The van der Waals surface area contributed by atoms with Crippen LogP contribution in [0.1, 0.15) is 23.5 Å². The summed E-state index contributed by atoms with van der Waals surface area (Å²) in [4.78, 5) is 38.7. The van der Waals surface area contributed by atoms with Gasteiger partial charge in [0.15, 0.2) is 0 Å². The van der Waals surface area contributed by atoms with Crippen LogP contribution in [0.3, 0.4) is 0 Å². The Bertz CT molecular complexity index is 1060. The van der Waals surface area contributed by atoms with E-state index in [4.69, 9.17) is 9.47 Å². The number of fused-ring (bicyclic) bond motifs is 4. The van der Waals surface area contributed by atoms with Gasteiger partial charge in [-0.25, -0.2) is 4.79 Å². The minimum atomic E-state index is -0.931. The van der Waals surface area contributed by atoms with Crippen LogP contribution < -0.4 is 5.32 Å². The number of amides is 2. The average Bonchev–Trinajstić information content (AvgIpc) is 3.47. The van der Waals surface area contributed by atoms with Crippen molar-refractivity contribution in [3.8, 4) is 11.1 Å². The van der Waals surface area contributed by atoms with E-state index in [1.54, 1.807) is 4.90 Å². The summed E-state index contributed by atoms with van der Waals surface area (Å²) in [7, 11) is 1.45. The highest BCUT2D eigenvalue weighted by Gasteiger charge is 2.57. The molecule has 1 saturated carbocycles. The lowest BCUT2D eigenvalue weighted by Gasteiger charge is -2.34. The molecule has 4 atom stereocenters. The minimum Gasteiger partial charge on any atom is -0.481 e. The highest BCUT2D eigenvalue weighted by Crippen LogP contribution is 2.47. The molecule has 2 bridgehead atoms. The molecule has 33 heavy (non-hydrogen) atoms. The zero-order valence-electron chi connectivity index (χ0n) is 18.3. The Morgan fingerprint density at radius 1 is 1.09 bits per heavy atom. The third kappa shape index (κ3) is 3.64. The summed E-state index contributed by atoms with van der Waals surface area (Å²) in [6.45, 7) is 0.519. The number of alkyl carbamates (subject to hydrolysis) is 1. The first kappa shape index (κ1) is 21.5. The lowest BCUT2D eigenvalue weighted by atomic mass is 9.74. The Morgan fingerprint density at radius 3 is 2.30 bits per heavy atom. The second-order valence-electron chi connectivity index (χ2n) is 8.90. The summed E-state index contributed by atoms with van der Waals surface area (Å²) in [5, 5.41) is 12.0. The molecule has 0 spiro atoms. The summed E-state index contributed by atoms with van der Waals surface area (Å²) in [6.07, 6.45) is -0.0125. The molecule has 6 rings (SSSR count). The third-order valence-electron chi connectivity index (χ3n) is 7.13. The molecular weight excluding hydrogens is 424 g/mol. The summed E-state index contributed by atoms with van der Waals surface area (Å²) in [5.41, 5.74) is 4.48. The van der Waals surface area contributed by atoms with Gasteiger partial charge < -0.3 is 24.8 Å². The second-order valence-corrected chi connectivity index (χ2v) is 8.90. The Hall–Kier alpha value is -3.39. The van der Waals surface area contributed by atoms with Crippen molar-refractivity contribution in [1.82, 2.24) is 10.2 Å². The van der Waals surface area contributed by atoms with Gasteiger partial charge in [-0.15, -0.1) is 0 Å². The van der Waals surface area contributed by atoms with Crippen LogP contribution in [0, 0.1) is 11.8 Å². The number of methoxy groups -OCH3 is 1. The third-order valence-corrected chi connectivity index (χ3v) is 7.13. The highest BCUT2D eigenvalue weighted by atomic mass is 16.5. The van der Waals surface area contributed by atoms with Crippen LogP contribution in [0.15, 0.2) is 48.5 Å². The van der Waals surface area contributed by atoms with Crippen molar-refractivity contribution < 1.29 is 29.0 Å². The maximum Gasteiger partial charge on any atom is 0.407 e. The molecule has 3 fully saturated rings. The van der Waals surface area contributed by atoms with E-state index in [1.165, 1.54) is 7.11 Å². The van der Waals surface area contributed by atoms with E-state index >= 15 is 0 Å². The predicted molar refractivity (Wildman–Crippen MR) is 119 cm³/mol. The van der Waals surface area contributed by atoms with Crippen molar-refractivity contribution in [3.63, 3.8) is 0 Å². The molecule has 2 amide bonds. The number of aliphatic carboxylic acids is 1. The van der Waals surface area contributed by atoms with Crippen LogP contribution in [-0.2, 0) is 19.1 Å². The molecule has 2 N–H and O–H groups in total. The van der Waals surface area contributed by atoms with Crippen LogP contribution in [0.2, 0.25) is 0 Å². The van der Waals surface area contributed by atoms with E-state index < -0.39 is 24.0 Å². The Balaban J connectivity index is 1.24. The first-order chi connectivity index (χ1) is 16.0. The summed E-state index contributed by atoms with van der Waals surface area (Å²) < 4.78 is 10.7. The molecule has 2 heterocycles. The number of rotatable bonds is 7. The largest absolute Gasteiger partial charge is 0.481 e. The normalized spacial score (nSPS) is 23.3. The summed E-state index contributed by atoms with van der Waals surface area (Å²) in [5.74, 6) is -1.83. The van der Waals surface area contributed by atoms with E-state index in [9.17, 15) is 19.5 Å². The Kier molecular flexibility index (Phi) is 5.54. The molecule has 2 aromatic rings. The smallest absolute Gasteiger partial charge is 0.407 e. The van der Waals surface area contributed by atoms with Gasteiger partial charge in [0.1, 0.15) is 12.6 Å². The number of carboxylic acids is 1. The summed E-state index contributed by atoms with van der Waals surface area (Å²) >= 11 is 0. The SMILES string of the molecule is COC[C@H](NC(=O)OCC1c2ccccc2-c2ccccc21)C(=O)N1CC2CC1C2C(=O)O. The van der Waals surface area contributed by atoms with Gasteiger partial charge in [-0.2, -0.15) is 0 Å². The van der Waals surface area contributed by atoms with E-state index in [0.717, 1.165) is 22.3 Å². The second kappa shape index (κ2) is 8.51. The van der Waals surface area contributed by atoms with Gasteiger partial charge in [-0.3, -0.25) is 9.59 Å². The minimum absolute atomic E-state index is 0.0192. The monoisotopic (exact) mass is 450 g/mol. The maximum absolute atomic E-state index is 13.0. The van der Waals surface area contributed by atoms with Crippen molar-refractivity contribution in [3.05, 3.63) is 59.7 Å². The zero-order valence-corrected chi connectivity index (χ0v) is 18.3. The molecule has 2 aromatic carbocycles. The van der Waals surface area contributed by atoms with Gasteiger partial charge in [0.25, 0.3) is 0 Å². The quantitative estimate of drug-likeness (QED) is 0.672. The summed E-state index contributed by atoms with van der Waals surface area (Å²) in [6, 6.07) is 14.9. The van der Waals surface area contributed by atoms with Gasteiger partial charge in [0, 0.05) is 25.6 Å². The van der Waals surface area contributed by atoms with E-state index in [-0.39, 0.29) is 37.0 Å². The Labute approximate surface area is 191 Å². The van der Waals surface area contributed by atoms with Crippen molar-refractivity contribution in [1.29, 1.82) is 0 Å². The first-order valence-corrected chi connectivity index (χ1v) is 11.1. The number of hydrogen-bond acceptors (Lipinski definition) is 5. The number of nitrogens with one attached hydrogen (secondary N) is 1. The lowest BCUT2D eigenvalue weighted by molar-refractivity contribution is -0.148. The van der Waals surface area contributed by atoms with Gasteiger partial charge in [-0.1, -0.05) is 48.5 Å². The number of hydrogen-bond donors (Lipinski definition) is 2. The molecule has 2 aliphatic heterocycles. The van der Waals surface area contributed by atoms with Crippen molar-refractivity contribution in [2.75, 3.05) is 26.9 Å². The van der Waals surface area contributed by atoms with E-state index in [0.29, 0.717) is 13.0 Å². The van der Waals surface area contributed by atoms with Gasteiger partial charge in [0.2, 0.25) is 5.91 Å².